The molecule has 2 rings (SSSR count). The molecule has 116 valence electrons. The lowest BCUT2D eigenvalue weighted by Crippen LogP contribution is -2.55. The number of rotatable bonds is 5. The first-order valence-corrected chi connectivity index (χ1v) is 6.98. The Balaban J connectivity index is 2.11. The minimum Gasteiger partial charge on any atom is -0.494 e. The molecule has 1 aromatic rings. The molecule has 0 saturated carbocycles. The summed E-state index contributed by atoms with van der Waals surface area (Å²) < 4.78 is 23.8. The van der Waals surface area contributed by atoms with E-state index in [4.69, 9.17) is 15.2 Å². The van der Waals surface area contributed by atoms with Crippen molar-refractivity contribution in [3.8, 4) is 5.75 Å². The lowest BCUT2D eigenvalue weighted by molar-refractivity contribution is -0.137. The number of methoxy groups -OCH3 is 1. The molecule has 0 radical (unpaired) electrons. The Bertz CT molecular complexity index is 516. The molecule has 1 unspecified atom stereocenters. The van der Waals surface area contributed by atoms with Crippen molar-refractivity contribution in [2.75, 3.05) is 26.9 Å². The van der Waals surface area contributed by atoms with Crippen molar-refractivity contribution >= 4 is 5.91 Å². The molecule has 0 spiro atoms. The van der Waals surface area contributed by atoms with Crippen molar-refractivity contribution in [2.24, 2.45) is 5.73 Å². The summed E-state index contributed by atoms with van der Waals surface area (Å²) in [5.74, 6) is -0.406. The number of ether oxygens (including phenoxy) is 2. The Morgan fingerprint density at radius 1 is 1.57 bits per heavy atom. The van der Waals surface area contributed by atoms with Gasteiger partial charge in [0.2, 0.25) is 5.91 Å². The van der Waals surface area contributed by atoms with Gasteiger partial charge in [0.1, 0.15) is 5.54 Å². The molecule has 0 aromatic heterocycles. The Kier molecular flexibility index (Phi) is 4.80. The maximum atomic E-state index is 13.7. The zero-order chi connectivity index (χ0) is 15.5. The molecule has 5 nitrogen and oxygen atoms in total. The van der Waals surface area contributed by atoms with E-state index in [1.54, 1.807) is 17.0 Å². The van der Waals surface area contributed by atoms with Gasteiger partial charge in [-0.1, -0.05) is 6.07 Å². The molecule has 2 N–H and O–H groups in total. The first kappa shape index (κ1) is 15.7. The number of carbonyl (C=O) groups excluding carboxylic acids is 1. The van der Waals surface area contributed by atoms with E-state index in [0.29, 0.717) is 31.7 Å². The number of benzene rings is 1. The van der Waals surface area contributed by atoms with Crippen LogP contribution in [0.25, 0.3) is 0 Å². The van der Waals surface area contributed by atoms with Gasteiger partial charge in [0.05, 0.1) is 13.7 Å². The Morgan fingerprint density at radius 2 is 2.33 bits per heavy atom. The molecule has 6 heteroatoms. The smallest absolute Gasteiger partial charge is 0.245 e. The van der Waals surface area contributed by atoms with E-state index >= 15 is 0 Å². The second-order valence-corrected chi connectivity index (χ2v) is 5.25. The summed E-state index contributed by atoms with van der Waals surface area (Å²) in [4.78, 5) is 14.1. The fourth-order valence-electron chi connectivity index (χ4n) is 2.42. The maximum absolute atomic E-state index is 13.7. The average Bonchev–Trinajstić information content (AvgIpc) is 2.92. The molecule has 0 aliphatic carbocycles. The van der Waals surface area contributed by atoms with Gasteiger partial charge in [0, 0.05) is 19.7 Å². The zero-order valence-corrected chi connectivity index (χ0v) is 12.4. The van der Waals surface area contributed by atoms with Crippen LogP contribution in [0, 0.1) is 5.82 Å². The molecule has 21 heavy (non-hydrogen) atoms. The van der Waals surface area contributed by atoms with Crippen LogP contribution < -0.4 is 10.5 Å². The lowest BCUT2D eigenvalue weighted by atomic mass is 9.98. The zero-order valence-electron chi connectivity index (χ0n) is 12.4. The number of nitrogens with zero attached hydrogens (tertiary/aromatic N) is 1. The average molecular weight is 296 g/mol. The van der Waals surface area contributed by atoms with Crippen molar-refractivity contribution in [2.45, 2.75) is 25.4 Å². The van der Waals surface area contributed by atoms with Crippen LogP contribution >= 0.6 is 0 Å². The monoisotopic (exact) mass is 296 g/mol. The van der Waals surface area contributed by atoms with Crippen LogP contribution in [0.1, 0.15) is 18.9 Å². The molecule has 1 aliphatic rings. The molecule has 0 bridgehead atoms. The van der Waals surface area contributed by atoms with Crippen molar-refractivity contribution in [1.82, 2.24) is 4.90 Å². The quantitative estimate of drug-likeness (QED) is 0.889. The molecule has 1 aliphatic heterocycles. The third-order valence-corrected chi connectivity index (χ3v) is 3.74. The predicted octanol–water partition coefficient (Wildman–Crippen LogP) is 1.30. The standard InChI is InChI=1S/C15H21FN2O3/c1-3-18(14(19)15(17)6-7-21-10-15)9-11-4-5-13(20-2)12(16)8-11/h4-5,8H,3,6-7,9-10,17H2,1-2H3. The van der Waals surface area contributed by atoms with Crippen molar-refractivity contribution in [3.05, 3.63) is 29.6 Å². The van der Waals surface area contributed by atoms with Crippen molar-refractivity contribution < 1.29 is 18.7 Å². The molecule has 1 aromatic carbocycles. The highest BCUT2D eigenvalue weighted by Gasteiger charge is 2.40. The molecular weight excluding hydrogens is 275 g/mol. The van der Waals surface area contributed by atoms with Crippen LogP contribution in [0.15, 0.2) is 18.2 Å². The summed E-state index contributed by atoms with van der Waals surface area (Å²) >= 11 is 0. The SMILES string of the molecule is CCN(Cc1ccc(OC)c(F)c1)C(=O)C1(N)CCOC1. The molecule has 1 heterocycles. The number of carbonyl (C=O) groups is 1. The Morgan fingerprint density at radius 3 is 2.86 bits per heavy atom. The van der Waals surface area contributed by atoms with Crippen LogP contribution in [0.3, 0.4) is 0 Å². The molecular formula is C15H21FN2O3. The highest BCUT2D eigenvalue weighted by Crippen LogP contribution is 2.22. The van der Waals surface area contributed by atoms with Crippen LogP contribution in [0.2, 0.25) is 0 Å². The first-order valence-electron chi connectivity index (χ1n) is 6.98. The molecule has 1 amide bonds. The first-order chi connectivity index (χ1) is 10.00. The predicted molar refractivity (Wildman–Crippen MR) is 76.4 cm³/mol. The van der Waals surface area contributed by atoms with Crippen molar-refractivity contribution in [1.29, 1.82) is 0 Å². The second kappa shape index (κ2) is 6.41. The Labute approximate surface area is 123 Å². The van der Waals surface area contributed by atoms with E-state index in [2.05, 4.69) is 0 Å². The van der Waals surface area contributed by atoms with Gasteiger partial charge in [0.25, 0.3) is 0 Å². The number of amides is 1. The summed E-state index contributed by atoms with van der Waals surface area (Å²) in [5, 5.41) is 0. The van der Waals surface area contributed by atoms with Gasteiger partial charge >= 0.3 is 0 Å². The fourth-order valence-corrected chi connectivity index (χ4v) is 2.42. The summed E-state index contributed by atoms with van der Waals surface area (Å²) in [6.45, 7) is 3.42. The van der Waals surface area contributed by atoms with E-state index in [9.17, 15) is 9.18 Å². The van der Waals surface area contributed by atoms with E-state index in [-0.39, 0.29) is 18.3 Å². The van der Waals surface area contributed by atoms with Gasteiger partial charge < -0.3 is 20.1 Å². The number of likely N-dealkylation sites (N-methyl/N-ethyl adjacent to an activating group) is 1. The van der Waals surface area contributed by atoms with E-state index in [1.807, 2.05) is 6.92 Å². The number of nitrogens with two attached hydrogens (primary N) is 1. The summed E-state index contributed by atoms with van der Waals surface area (Å²) in [6, 6.07) is 4.68. The largest absolute Gasteiger partial charge is 0.494 e. The van der Waals surface area contributed by atoms with Gasteiger partial charge in [-0.05, 0) is 31.0 Å². The third-order valence-electron chi connectivity index (χ3n) is 3.74. The highest BCUT2D eigenvalue weighted by atomic mass is 19.1. The minimum atomic E-state index is -0.957. The van der Waals surface area contributed by atoms with E-state index in [0.717, 1.165) is 0 Å². The van der Waals surface area contributed by atoms with Crippen LogP contribution in [-0.2, 0) is 16.1 Å². The van der Waals surface area contributed by atoms with Crippen molar-refractivity contribution in [3.63, 3.8) is 0 Å². The second-order valence-electron chi connectivity index (χ2n) is 5.25. The topological polar surface area (TPSA) is 64.8 Å². The van der Waals surface area contributed by atoms with E-state index in [1.165, 1.54) is 13.2 Å². The summed E-state index contributed by atoms with van der Waals surface area (Å²) in [5.41, 5.74) is 5.84. The lowest BCUT2D eigenvalue weighted by Gasteiger charge is -2.30. The van der Waals surface area contributed by atoms with Gasteiger partial charge in [-0.25, -0.2) is 4.39 Å². The molecule has 1 atom stereocenters. The fraction of sp³-hybridized carbons (Fsp3) is 0.533. The van der Waals surface area contributed by atoms with Crippen LogP contribution in [-0.4, -0.2) is 43.2 Å². The van der Waals surface area contributed by atoms with Gasteiger partial charge in [0.15, 0.2) is 11.6 Å². The van der Waals surface area contributed by atoms with E-state index < -0.39 is 11.4 Å². The molecule has 1 saturated heterocycles. The number of halogens is 1. The summed E-state index contributed by atoms with van der Waals surface area (Å²) in [6.07, 6.45) is 0.513. The summed E-state index contributed by atoms with van der Waals surface area (Å²) in [7, 11) is 1.41. The van der Waals surface area contributed by atoms with Gasteiger partial charge in [-0.15, -0.1) is 0 Å². The van der Waals surface area contributed by atoms with Crippen LogP contribution in [0.4, 0.5) is 4.39 Å². The van der Waals surface area contributed by atoms with Crippen LogP contribution in [0.5, 0.6) is 5.75 Å². The minimum absolute atomic E-state index is 0.154. The maximum Gasteiger partial charge on any atom is 0.245 e. The Hall–Kier alpha value is -1.66. The third kappa shape index (κ3) is 3.33. The highest BCUT2D eigenvalue weighted by molar-refractivity contribution is 5.86. The van der Waals surface area contributed by atoms with Gasteiger partial charge in [-0.2, -0.15) is 0 Å². The number of hydrogen-bond acceptors (Lipinski definition) is 4. The normalized spacial score (nSPS) is 21.3. The number of hydrogen-bond donors (Lipinski definition) is 1. The van der Waals surface area contributed by atoms with Gasteiger partial charge in [-0.3, -0.25) is 4.79 Å². The molecule has 1 fully saturated rings.